The van der Waals surface area contributed by atoms with Crippen molar-refractivity contribution in [2.24, 2.45) is 0 Å². The van der Waals surface area contributed by atoms with Gasteiger partial charge in [-0.3, -0.25) is 0 Å². The number of aromatic nitrogens is 2. The highest BCUT2D eigenvalue weighted by Crippen LogP contribution is 2.25. The summed E-state index contributed by atoms with van der Waals surface area (Å²) in [4.78, 5) is 16.7. The zero-order valence-electron chi connectivity index (χ0n) is 12.6. The Kier molecular flexibility index (Phi) is 3.63. The van der Waals surface area contributed by atoms with Gasteiger partial charge in [0.05, 0.1) is 17.6 Å². The van der Waals surface area contributed by atoms with E-state index in [4.69, 9.17) is 16.0 Å². The summed E-state index contributed by atoms with van der Waals surface area (Å²) in [7, 11) is 0. The quantitative estimate of drug-likeness (QED) is 0.516. The third-order valence-corrected chi connectivity index (χ3v) is 3.99. The minimum atomic E-state index is -0.209. The Balaban J connectivity index is 1.50. The first-order valence-corrected chi connectivity index (χ1v) is 7.86. The zero-order chi connectivity index (χ0) is 16.5. The van der Waals surface area contributed by atoms with Crippen molar-refractivity contribution in [1.29, 1.82) is 0 Å². The molecule has 0 atom stereocenters. The third kappa shape index (κ3) is 2.94. The highest BCUT2D eigenvalue weighted by atomic mass is 35.5. The van der Waals surface area contributed by atoms with Crippen molar-refractivity contribution in [3.8, 4) is 11.3 Å². The second-order valence-corrected chi connectivity index (χ2v) is 5.91. The molecule has 4 rings (SSSR count). The van der Waals surface area contributed by atoms with E-state index < -0.39 is 0 Å². The van der Waals surface area contributed by atoms with E-state index in [0.29, 0.717) is 11.6 Å². The van der Waals surface area contributed by atoms with Gasteiger partial charge < -0.3 is 19.7 Å². The molecule has 0 aliphatic rings. The fraction of sp³-hybridized carbons (Fsp3) is 0.0556. The minimum Gasteiger partial charge on any atom is -0.459 e. The molecule has 0 amide bonds. The lowest BCUT2D eigenvalue weighted by molar-refractivity contribution is 0.531. The number of furan rings is 1. The average molecular weight is 340 g/mol. The highest BCUT2D eigenvalue weighted by molar-refractivity contribution is 6.30. The molecule has 0 saturated carbocycles. The molecule has 0 aliphatic carbocycles. The molecule has 0 bridgehead atoms. The maximum Gasteiger partial charge on any atom is 0.323 e. The van der Waals surface area contributed by atoms with E-state index >= 15 is 0 Å². The number of benzene rings is 2. The molecule has 0 unspecified atom stereocenters. The van der Waals surface area contributed by atoms with Crippen molar-refractivity contribution in [3.05, 3.63) is 75.9 Å². The molecule has 0 radical (unpaired) electrons. The number of fused-ring (bicyclic) bond motifs is 1. The third-order valence-electron chi connectivity index (χ3n) is 3.75. The molecule has 0 aliphatic heterocycles. The summed E-state index contributed by atoms with van der Waals surface area (Å²) in [5.41, 5.74) is 3.19. The Morgan fingerprint density at radius 2 is 1.88 bits per heavy atom. The molecule has 6 heteroatoms. The van der Waals surface area contributed by atoms with Crippen molar-refractivity contribution >= 4 is 28.3 Å². The summed E-state index contributed by atoms with van der Waals surface area (Å²) >= 11 is 6.01. The topological polar surface area (TPSA) is 73.8 Å². The number of imidazole rings is 1. The van der Waals surface area contributed by atoms with Crippen molar-refractivity contribution < 1.29 is 4.42 Å². The van der Waals surface area contributed by atoms with Crippen LogP contribution in [0.1, 0.15) is 5.76 Å². The monoisotopic (exact) mass is 339 g/mol. The van der Waals surface area contributed by atoms with Crippen molar-refractivity contribution in [3.63, 3.8) is 0 Å². The lowest BCUT2D eigenvalue weighted by atomic mass is 10.2. The first-order valence-electron chi connectivity index (χ1n) is 7.48. The molecule has 0 fully saturated rings. The van der Waals surface area contributed by atoms with Crippen molar-refractivity contribution in [2.75, 3.05) is 5.32 Å². The lowest BCUT2D eigenvalue weighted by Gasteiger charge is -2.04. The fourth-order valence-corrected chi connectivity index (χ4v) is 2.79. The molecule has 2 aromatic heterocycles. The van der Waals surface area contributed by atoms with Crippen LogP contribution in [0.3, 0.4) is 0 Å². The summed E-state index contributed by atoms with van der Waals surface area (Å²) in [6, 6.07) is 17.1. The Hall–Kier alpha value is -2.92. The SMILES string of the molecule is O=c1[nH]c2ccc(NCc3ccc(-c4cccc(Cl)c4)o3)cc2[nH]1. The van der Waals surface area contributed by atoms with Crippen LogP contribution in [0.4, 0.5) is 5.69 Å². The van der Waals surface area contributed by atoms with Crippen LogP contribution in [0, 0.1) is 0 Å². The molecular formula is C18H14ClN3O2. The average Bonchev–Trinajstić information content (AvgIpc) is 3.18. The molecule has 2 heterocycles. The molecule has 5 nitrogen and oxygen atoms in total. The van der Waals surface area contributed by atoms with Crippen molar-refractivity contribution in [2.45, 2.75) is 6.54 Å². The number of rotatable bonds is 4. The van der Waals surface area contributed by atoms with Gasteiger partial charge in [-0.1, -0.05) is 23.7 Å². The molecule has 120 valence electrons. The molecule has 4 aromatic rings. The van der Waals surface area contributed by atoms with E-state index in [1.54, 1.807) is 0 Å². The van der Waals surface area contributed by atoms with Crippen molar-refractivity contribution in [1.82, 2.24) is 9.97 Å². The maximum atomic E-state index is 11.3. The second-order valence-electron chi connectivity index (χ2n) is 5.47. The predicted molar refractivity (Wildman–Crippen MR) is 95.4 cm³/mol. The lowest BCUT2D eigenvalue weighted by Crippen LogP contribution is -1.99. The van der Waals surface area contributed by atoms with Crippen LogP contribution in [0.15, 0.2) is 63.8 Å². The molecule has 24 heavy (non-hydrogen) atoms. The van der Waals surface area contributed by atoms with E-state index in [0.717, 1.165) is 33.8 Å². The zero-order valence-corrected chi connectivity index (χ0v) is 13.4. The largest absolute Gasteiger partial charge is 0.459 e. The second kappa shape index (κ2) is 5.94. The number of halogens is 1. The molecule has 0 spiro atoms. The maximum absolute atomic E-state index is 11.3. The number of nitrogens with one attached hydrogen (secondary N) is 3. The fourth-order valence-electron chi connectivity index (χ4n) is 2.60. The summed E-state index contributed by atoms with van der Waals surface area (Å²) in [5.74, 6) is 1.59. The van der Waals surface area contributed by atoms with Gasteiger partial charge in [-0.05, 0) is 42.5 Å². The number of hydrogen-bond donors (Lipinski definition) is 3. The number of hydrogen-bond acceptors (Lipinski definition) is 3. The Labute approximate surface area is 142 Å². The highest BCUT2D eigenvalue weighted by Gasteiger charge is 2.06. The van der Waals surface area contributed by atoms with Gasteiger partial charge in [-0.2, -0.15) is 0 Å². The molecule has 2 aromatic carbocycles. The summed E-state index contributed by atoms with van der Waals surface area (Å²) in [6.07, 6.45) is 0. The smallest absolute Gasteiger partial charge is 0.323 e. The van der Waals surface area contributed by atoms with E-state index in [1.807, 2.05) is 54.6 Å². The van der Waals surface area contributed by atoms with Gasteiger partial charge in [0.2, 0.25) is 0 Å². The predicted octanol–water partition coefficient (Wildman–Crippen LogP) is 4.38. The van der Waals surface area contributed by atoms with Gasteiger partial charge in [0.25, 0.3) is 0 Å². The first-order chi connectivity index (χ1) is 11.7. The summed E-state index contributed by atoms with van der Waals surface area (Å²) < 4.78 is 5.85. The summed E-state index contributed by atoms with van der Waals surface area (Å²) in [6.45, 7) is 0.542. The minimum absolute atomic E-state index is 0.209. The van der Waals surface area contributed by atoms with Gasteiger partial charge in [-0.25, -0.2) is 4.79 Å². The van der Waals surface area contributed by atoms with E-state index in [9.17, 15) is 4.79 Å². The molecule has 0 saturated heterocycles. The number of H-pyrrole nitrogens is 2. The van der Waals surface area contributed by atoms with Gasteiger partial charge in [-0.15, -0.1) is 0 Å². The Morgan fingerprint density at radius 1 is 1.00 bits per heavy atom. The Morgan fingerprint density at radius 3 is 2.75 bits per heavy atom. The first kappa shape index (κ1) is 14.7. The van der Waals surface area contributed by atoms with Crippen LogP contribution in [-0.4, -0.2) is 9.97 Å². The van der Waals surface area contributed by atoms with Crippen LogP contribution in [0.5, 0.6) is 0 Å². The van der Waals surface area contributed by atoms with E-state index in [2.05, 4.69) is 15.3 Å². The van der Waals surface area contributed by atoms with E-state index in [-0.39, 0.29) is 5.69 Å². The Bertz CT molecular complexity index is 1060. The van der Waals surface area contributed by atoms with Crippen LogP contribution < -0.4 is 11.0 Å². The van der Waals surface area contributed by atoms with E-state index in [1.165, 1.54) is 0 Å². The standard InChI is InChI=1S/C18H14ClN3O2/c19-12-3-1-2-11(8-12)17-7-5-14(24-17)10-20-13-4-6-15-16(9-13)22-18(23)21-15/h1-9,20H,10H2,(H2,21,22,23). The van der Waals surface area contributed by atoms with Gasteiger partial charge in [0.1, 0.15) is 11.5 Å². The van der Waals surface area contributed by atoms with Crippen LogP contribution in [-0.2, 0) is 6.54 Å². The van der Waals surface area contributed by atoms with Crippen LogP contribution >= 0.6 is 11.6 Å². The number of aromatic amines is 2. The van der Waals surface area contributed by atoms with Crippen LogP contribution in [0.2, 0.25) is 5.02 Å². The van der Waals surface area contributed by atoms with Gasteiger partial charge >= 0.3 is 5.69 Å². The molecule has 3 N–H and O–H groups in total. The molecular weight excluding hydrogens is 326 g/mol. The summed E-state index contributed by atoms with van der Waals surface area (Å²) in [5, 5.41) is 3.96. The van der Waals surface area contributed by atoms with Gasteiger partial charge in [0, 0.05) is 16.3 Å². The number of anilines is 1. The van der Waals surface area contributed by atoms with Gasteiger partial charge in [0.15, 0.2) is 0 Å². The van der Waals surface area contributed by atoms with Crippen LogP contribution in [0.25, 0.3) is 22.4 Å². The normalized spacial score (nSPS) is 11.0.